The Bertz CT molecular complexity index is 684. The molecule has 1 aromatic heterocycles. The summed E-state index contributed by atoms with van der Waals surface area (Å²) in [4.78, 5) is 7.31. The van der Waals surface area contributed by atoms with E-state index in [9.17, 15) is 0 Å². The Morgan fingerprint density at radius 2 is 2.04 bits per heavy atom. The van der Waals surface area contributed by atoms with Crippen LogP contribution in [-0.4, -0.2) is 49.3 Å². The van der Waals surface area contributed by atoms with E-state index in [1.54, 1.807) is 7.11 Å². The molecule has 130 valence electrons. The molecule has 1 aliphatic heterocycles. The number of methoxy groups -OCH3 is 1. The van der Waals surface area contributed by atoms with Crippen molar-refractivity contribution in [2.45, 2.75) is 32.2 Å². The summed E-state index contributed by atoms with van der Waals surface area (Å²) in [5, 5.41) is 5.39. The highest BCUT2D eigenvalue weighted by Gasteiger charge is 2.19. The van der Waals surface area contributed by atoms with Gasteiger partial charge in [0.25, 0.3) is 0 Å². The quantitative estimate of drug-likeness (QED) is 0.798. The Morgan fingerprint density at radius 3 is 2.79 bits per heavy atom. The lowest BCUT2D eigenvalue weighted by atomic mass is 10.0. The highest BCUT2D eigenvalue weighted by Crippen LogP contribution is 2.27. The number of aryl methyl sites for hydroxylation is 1. The third kappa shape index (κ3) is 4.18. The Labute approximate surface area is 149 Å². The zero-order valence-electron chi connectivity index (χ0n) is 14.5. The second kappa shape index (κ2) is 8.15. The molecule has 0 aliphatic carbocycles. The van der Waals surface area contributed by atoms with Crippen molar-refractivity contribution in [3.05, 3.63) is 34.9 Å². The summed E-state index contributed by atoms with van der Waals surface area (Å²) in [5.74, 6) is 0.950. The fourth-order valence-corrected chi connectivity index (χ4v) is 3.56. The molecule has 0 saturated carbocycles. The first-order valence-electron chi connectivity index (χ1n) is 8.71. The first-order chi connectivity index (χ1) is 11.7. The molecule has 0 radical (unpaired) electrons. The maximum Gasteiger partial charge on any atom is 0.126 e. The first kappa shape index (κ1) is 17.5. The minimum absolute atomic E-state index is 0.494. The van der Waals surface area contributed by atoms with Crippen molar-refractivity contribution >= 4 is 28.3 Å². The van der Waals surface area contributed by atoms with Crippen LogP contribution in [0, 0.1) is 6.92 Å². The third-order valence-electron chi connectivity index (χ3n) is 4.77. The van der Waals surface area contributed by atoms with E-state index in [0.717, 1.165) is 72.8 Å². The van der Waals surface area contributed by atoms with Crippen LogP contribution in [0.25, 0.3) is 10.9 Å². The van der Waals surface area contributed by atoms with Gasteiger partial charge < -0.3 is 15.0 Å². The van der Waals surface area contributed by atoms with Gasteiger partial charge in [0.2, 0.25) is 0 Å². The molecule has 0 spiro atoms. The summed E-state index contributed by atoms with van der Waals surface area (Å²) in [7, 11) is 1.77. The molecule has 1 N–H and O–H groups in total. The summed E-state index contributed by atoms with van der Waals surface area (Å²) in [5.41, 5.74) is 2.15. The van der Waals surface area contributed by atoms with Gasteiger partial charge in [-0.3, -0.25) is 0 Å². The van der Waals surface area contributed by atoms with Crippen LogP contribution in [0.5, 0.6) is 0 Å². The zero-order chi connectivity index (χ0) is 16.9. The molecule has 24 heavy (non-hydrogen) atoms. The van der Waals surface area contributed by atoms with Crippen molar-refractivity contribution in [3.8, 4) is 0 Å². The van der Waals surface area contributed by atoms with E-state index in [1.165, 1.54) is 0 Å². The zero-order valence-corrected chi connectivity index (χ0v) is 15.3. The normalized spacial score (nSPS) is 16.6. The number of pyridine rings is 1. The van der Waals surface area contributed by atoms with E-state index in [0.29, 0.717) is 6.04 Å². The Morgan fingerprint density at radius 1 is 1.25 bits per heavy atom. The van der Waals surface area contributed by atoms with Gasteiger partial charge in [0.1, 0.15) is 5.82 Å². The molecule has 1 fully saturated rings. The minimum atomic E-state index is 0.494. The highest BCUT2D eigenvalue weighted by atomic mass is 35.5. The Balaban J connectivity index is 1.59. The van der Waals surface area contributed by atoms with Gasteiger partial charge >= 0.3 is 0 Å². The van der Waals surface area contributed by atoms with Gasteiger partial charge in [0, 0.05) is 49.8 Å². The Kier molecular flexibility index (Phi) is 5.93. The number of rotatable bonds is 6. The standard InChI is InChI=1S/C19H26ClN3O/c1-14-4-6-17(20)16-5-7-18(22-19(14)16)21-15-8-11-23(12-9-15)10-3-13-24-2/h4-7,15H,3,8-13H2,1-2H3,(H,21,22). The van der Waals surface area contributed by atoms with E-state index in [1.807, 2.05) is 18.2 Å². The lowest BCUT2D eigenvalue weighted by Gasteiger charge is -2.32. The number of halogens is 1. The van der Waals surface area contributed by atoms with Crippen molar-refractivity contribution in [1.82, 2.24) is 9.88 Å². The average Bonchev–Trinajstić information content (AvgIpc) is 2.60. The van der Waals surface area contributed by atoms with Crippen LogP contribution in [-0.2, 0) is 4.74 Å². The summed E-state index contributed by atoms with van der Waals surface area (Å²) in [6.45, 7) is 6.33. The fraction of sp³-hybridized carbons (Fsp3) is 0.526. The maximum atomic E-state index is 6.27. The van der Waals surface area contributed by atoms with Crippen LogP contribution in [0.1, 0.15) is 24.8 Å². The number of ether oxygens (including phenoxy) is 1. The summed E-state index contributed by atoms with van der Waals surface area (Å²) < 4.78 is 5.13. The molecule has 2 aromatic rings. The van der Waals surface area contributed by atoms with E-state index in [2.05, 4.69) is 23.2 Å². The van der Waals surface area contributed by atoms with Crippen molar-refractivity contribution in [2.75, 3.05) is 38.7 Å². The highest BCUT2D eigenvalue weighted by molar-refractivity contribution is 6.35. The van der Waals surface area contributed by atoms with E-state index in [-0.39, 0.29) is 0 Å². The molecule has 5 heteroatoms. The molecule has 1 saturated heterocycles. The number of benzene rings is 1. The van der Waals surface area contributed by atoms with Crippen LogP contribution in [0.2, 0.25) is 5.02 Å². The number of hydrogen-bond acceptors (Lipinski definition) is 4. The van der Waals surface area contributed by atoms with Gasteiger partial charge in [-0.15, -0.1) is 0 Å². The molecule has 0 bridgehead atoms. The van der Waals surface area contributed by atoms with E-state index < -0.39 is 0 Å². The molecule has 0 unspecified atom stereocenters. The van der Waals surface area contributed by atoms with Crippen LogP contribution < -0.4 is 5.32 Å². The predicted molar refractivity (Wildman–Crippen MR) is 101 cm³/mol. The number of aromatic nitrogens is 1. The Hall–Kier alpha value is -1.36. The minimum Gasteiger partial charge on any atom is -0.385 e. The molecular weight excluding hydrogens is 322 g/mol. The van der Waals surface area contributed by atoms with Gasteiger partial charge in [0.15, 0.2) is 0 Å². The topological polar surface area (TPSA) is 37.4 Å². The molecule has 3 rings (SSSR count). The molecule has 2 heterocycles. The number of nitrogens with zero attached hydrogens (tertiary/aromatic N) is 2. The number of piperidine rings is 1. The maximum absolute atomic E-state index is 6.27. The SMILES string of the molecule is COCCCN1CCC(Nc2ccc3c(Cl)ccc(C)c3n2)CC1. The van der Waals surface area contributed by atoms with Gasteiger partial charge in [-0.05, 0) is 49.9 Å². The third-order valence-corrected chi connectivity index (χ3v) is 5.10. The predicted octanol–water partition coefficient (Wildman–Crippen LogP) is 4.11. The van der Waals surface area contributed by atoms with Gasteiger partial charge in [-0.2, -0.15) is 0 Å². The van der Waals surface area contributed by atoms with Gasteiger partial charge in [-0.1, -0.05) is 17.7 Å². The lowest BCUT2D eigenvalue weighted by molar-refractivity contribution is 0.159. The number of likely N-dealkylation sites (tertiary alicyclic amines) is 1. The largest absolute Gasteiger partial charge is 0.385 e. The molecule has 1 aliphatic rings. The fourth-order valence-electron chi connectivity index (χ4n) is 3.34. The molecule has 0 amide bonds. The lowest BCUT2D eigenvalue weighted by Crippen LogP contribution is -2.39. The average molecular weight is 348 g/mol. The van der Waals surface area contributed by atoms with Crippen LogP contribution >= 0.6 is 11.6 Å². The second-order valence-corrected chi connectivity index (χ2v) is 6.97. The summed E-state index contributed by atoms with van der Waals surface area (Å²) in [6.07, 6.45) is 3.42. The van der Waals surface area contributed by atoms with E-state index >= 15 is 0 Å². The number of fused-ring (bicyclic) bond motifs is 1. The summed E-state index contributed by atoms with van der Waals surface area (Å²) in [6, 6.07) is 8.57. The van der Waals surface area contributed by atoms with Crippen molar-refractivity contribution in [2.24, 2.45) is 0 Å². The monoisotopic (exact) mass is 347 g/mol. The van der Waals surface area contributed by atoms with Gasteiger partial charge in [0.05, 0.1) is 5.52 Å². The number of nitrogens with one attached hydrogen (secondary N) is 1. The number of anilines is 1. The molecule has 1 aromatic carbocycles. The number of hydrogen-bond donors (Lipinski definition) is 1. The molecule has 0 atom stereocenters. The summed E-state index contributed by atoms with van der Waals surface area (Å²) >= 11 is 6.27. The van der Waals surface area contributed by atoms with Crippen LogP contribution in [0.15, 0.2) is 24.3 Å². The first-order valence-corrected chi connectivity index (χ1v) is 9.09. The second-order valence-electron chi connectivity index (χ2n) is 6.56. The van der Waals surface area contributed by atoms with E-state index in [4.69, 9.17) is 21.3 Å². The van der Waals surface area contributed by atoms with Crippen molar-refractivity contribution < 1.29 is 4.74 Å². The van der Waals surface area contributed by atoms with Crippen molar-refractivity contribution in [1.29, 1.82) is 0 Å². The molecule has 4 nitrogen and oxygen atoms in total. The van der Waals surface area contributed by atoms with Crippen LogP contribution in [0.4, 0.5) is 5.82 Å². The smallest absolute Gasteiger partial charge is 0.126 e. The van der Waals surface area contributed by atoms with Crippen LogP contribution in [0.3, 0.4) is 0 Å². The van der Waals surface area contributed by atoms with Crippen molar-refractivity contribution in [3.63, 3.8) is 0 Å². The van der Waals surface area contributed by atoms with Gasteiger partial charge in [-0.25, -0.2) is 4.98 Å². The molecular formula is C19H26ClN3O.